The first-order chi connectivity index (χ1) is 41.8. The molecule has 2 aromatic heterocycles. The van der Waals surface area contributed by atoms with Gasteiger partial charge >= 0.3 is 11.9 Å². The number of carboxylic acids is 2. The first kappa shape index (κ1) is 73.7. The lowest BCUT2D eigenvalue weighted by Crippen LogP contribution is -2.32. The van der Waals surface area contributed by atoms with Crippen LogP contribution in [0.25, 0.3) is 21.8 Å². The van der Waals surface area contributed by atoms with Crippen LogP contribution in [-0.2, 0) is 67.7 Å². The number of benzene rings is 6. The van der Waals surface area contributed by atoms with Gasteiger partial charge in [0.2, 0.25) is 5.91 Å². The summed E-state index contributed by atoms with van der Waals surface area (Å²) in [5.74, 6) is -5.56. The molecule has 0 saturated carbocycles. The van der Waals surface area contributed by atoms with Crippen molar-refractivity contribution in [2.24, 2.45) is 22.9 Å². The molecule has 0 aliphatic carbocycles. The summed E-state index contributed by atoms with van der Waals surface area (Å²) in [6, 6.07) is 32.7. The van der Waals surface area contributed by atoms with Crippen LogP contribution in [0.15, 0.2) is 121 Å². The highest BCUT2D eigenvalue weighted by molar-refractivity contribution is 6.31. The number of para-hydroxylation sites is 2. The average Bonchev–Trinajstić information content (AvgIpc) is 4.27. The number of fused-ring (bicyclic) bond motifs is 2. The number of carbonyl (C=O) groups excluding carboxylic acids is 6. The molecule has 0 fully saturated rings. The summed E-state index contributed by atoms with van der Waals surface area (Å²) in [5.41, 5.74) is 24.0. The second kappa shape index (κ2) is 37.9. The van der Waals surface area contributed by atoms with Gasteiger partial charge in [-0.3, -0.25) is 47.7 Å². The smallest absolute Gasteiger partial charge is 0.325 e. The fraction of sp³-hybridized carbons (Fsp3) is 0.246. The number of halogens is 8. The number of amides is 3. The number of hydrogen-bond donors (Lipinski definition) is 7. The Morgan fingerprint density at radius 2 is 0.830 bits per heavy atom. The number of carboxylic acid groups (broad SMARTS) is 2. The molecule has 6 aromatic carbocycles. The number of primary amides is 2. The van der Waals surface area contributed by atoms with Gasteiger partial charge in [0.25, 0.3) is 11.8 Å². The van der Waals surface area contributed by atoms with E-state index in [4.69, 9.17) is 79.6 Å². The molecule has 0 saturated heterocycles. The lowest BCUT2D eigenvalue weighted by atomic mass is 10.1. The molecular weight excluding hydrogens is 1240 g/mol. The lowest BCUT2D eigenvalue weighted by molar-refractivity contribution is -0.138. The Hall–Kier alpha value is -8.58. The molecular formula is C61H63Cl4F4N9O10. The van der Waals surface area contributed by atoms with Crippen LogP contribution in [0.4, 0.5) is 17.6 Å². The van der Waals surface area contributed by atoms with E-state index in [-0.39, 0.29) is 107 Å². The number of carbonyl (C=O) groups is 8. The minimum Gasteiger partial charge on any atom is -0.481 e. The van der Waals surface area contributed by atoms with Crippen molar-refractivity contribution in [3.8, 4) is 0 Å². The minimum atomic E-state index is -1.02. The zero-order valence-corrected chi connectivity index (χ0v) is 50.5. The van der Waals surface area contributed by atoms with Crippen LogP contribution in [0.3, 0.4) is 0 Å². The van der Waals surface area contributed by atoms with Crippen molar-refractivity contribution >= 4 is 115 Å². The molecule has 0 atom stereocenters. The van der Waals surface area contributed by atoms with Crippen LogP contribution in [0.1, 0.15) is 89.2 Å². The first-order valence-electron chi connectivity index (χ1n) is 26.7. The molecule has 27 heteroatoms. The van der Waals surface area contributed by atoms with E-state index in [1.54, 1.807) is 111 Å². The predicted octanol–water partition coefficient (Wildman–Crippen LogP) is 10.2. The van der Waals surface area contributed by atoms with E-state index in [0.717, 1.165) is 0 Å². The number of aryl methyl sites for hydroxylation is 3. The molecule has 2 heterocycles. The van der Waals surface area contributed by atoms with Gasteiger partial charge in [0.1, 0.15) is 47.9 Å². The molecule has 0 aliphatic heterocycles. The SMILES string of the molecule is CCC(=O)CCc1cccc(Cl)c1F.CCC(=O)O.NC(=O)c1nn(CC(=O)NCC(=O)CCc2cccc(Cl)c2F)c2ccccc12.NC(=O)c1nn(CC(=O)O)c2ccccc12.NCC(=O)CCc1cccc(Cl)c1F.NCc1cccc(Cl)c1F. The fourth-order valence-electron chi connectivity index (χ4n) is 7.50. The second-order valence-corrected chi connectivity index (χ2v) is 20.1. The Kier molecular flexibility index (Phi) is 31.7. The van der Waals surface area contributed by atoms with Crippen LogP contribution >= 0.6 is 46.4 Å². The van der Waals surface area contributed by atoms with Gasteiger partial charge in [0, 0.05) is 55.0 Å². The first-order valence-corrected chi connectivity index (χ1v) is 28.2. The van der Waals surface area contributed by atoms with Crippen molar-refractivity contribution in [3.63, 3.8) is 0 Å². The summed E-state index contributed by atoms with van der Waals surface area (Å²) in [6.45, 7) is 2.92. The Bertz CT molecular complexity index is 3670. The third-order valence-corrected chi connectivity index (χ3v) is 13.3. The number of nitrogens with zero attached hydrogens (tertiary/aromatic N) is 4. The number of Topliss-reactive ketones (excluding diaryl/α,β-unsaturated/α-hetero) is 3. The normalized spacial score (nSPS) is 10.3. The Balaban J connectivity index is 0.000000296. The topological polar surface area (TPSA) is 329 Å². The molecule has 0 radical (unpaired) electrons. The highest BCUT2D eigenvalue weighted by Crippen LogP contribution is 2.23. The minimum absolute atomic E-state index is 0.00217. The van der Waals surface area contributed by atoms with Gasteiger partial charge < -0.3 is 38.5 Å². The molecule has 8 rings (SSSR count). The number of nitrogens with one attached hydrogen (secondary N) is 1. The maximum Gasteiger partial charge on any atom is 0.325 e. The molecule has 0 unspecified atom stereocenters. The zero-order chi connectivity index (χ0) is 65.6. The van der Waals surface area contributed by atoms with Crippen LogP contribution < -0.4 is 28.3 Å². The Morgan fingerprint density at radius 1 is 0.477 bits per heavy atom. The van der Waals surface area contributed by atoms with Crippen molar-refractivity contribution in [2.45, 2.75) is 84.8 Å². The third kappa shape index (κ3) is 23.9. The van der Waals surface area contributed by atoms with Gasteiger partial charge in [-0.1, -0.05) is 145 Å². The van der Waals surface area contributed by atoms with E-state index in [1.165, 1.54) is 33.6 Å². The van der Waals surface area contributed by atoms with Crippen molar-refractivity contribution < 1.29 is 66.1 Å². The maximum absolute atomic E-state index is 13.8. The number of aliphatic carboxylic acids is 2. The molecule has 0 aliphatic rings. The van der Waals surface area contributed by atoms with E-state index in [1.807, 2.05) is 0 Å². The van der Waals surface area contributed by atoms with Crippen molar-refractivity contribution in [2.75, 3.05) is 13.1 Å². The zero-order valence-electron chi connectivity index (χ0n) is 47.5. The molecule has 19 nitrogen and oxygen atoms in total. The van der Waals surface area contributed by atoms with Gasteiger partial charge in [0.15, 0.2) is 17.2 Å². The summed E-state index contributed by atoms with van der Waals surface area (Å²) < 4.78 is 55.8. The summed E-state index contributed by atoms with van der Waals surface area (Å²) in [4.78, 5) is 88.8. The van der Waals surface area contributed by atoms with Crippen LogP contribution in [-0.4, -0.2) is 89.9 Å². The van der Waals surface area contributed by atoms with Gasteiger partial charge in [0.05, 0.1) is 44.2 Å². The molecule has 88 heavy (non-hydrogen) atoms. The highest BCUT2D eigenvalue weighted by atomic mass is 35.5. The summed E-state index contributed by atoms with van der Waals surface area (Å²) >= 11 is 22.4. The number of ketones is 3. The third-order valence-electron chi connectivity index (χ3n) is 12.1. The maximum atomic E-state index is 13.8. The largest absolute Gasteiger partial charge is 0.481 e. The standard InChI is InChI=1S/C20H18ClFN4O3.C11H12ClFO.C10H11ClFNO.C10H9N3O3.C7H7ClFN.C3H6O2/c21-15-6-3-4-12(18(15)22)8-9-13(27)10-24-17(28)11-26-16-7-2-1-5-14(16)19(25-26)20(23)29;1-2-9(14)7-6-8-4-3-5-10(12)11(8)13;11-9-3-1-2-7(10(9)12)4-5-8(14)6-13;11-10(16)9-6-3-1-2-4-7(6)13(12-9)5-8(14)15;8-6-3-1-2-5(4-10)7(6)9;1-2-3(4)5/h1-7H,8-11H2,(H2,23,29)(H,24,28);3-5H,2,6-7H2,1H3;1-3H,4-6,13H2;1-4H,5H2,(H2,11,16)(H,14,15);1-3H,4,10H2;2H2,1H3,(H,4,5). The molecule has 0 bridgehead atoms. The second-order valence-electron chi connectivity index (χ2n) is 18.4. The summed E-state index contributed by atoms with van der Waals surface area (Å²) in [6.07, 6.45) is 2.39. The van der Waals surface area contributed by atoms with Crippen LogP contribution in [0.2, 0.25) is 20.1 Å². The van der Waals surface area contributed by atoms with Crippen LogP contribution in [0.5, 0.6) is 0 Å². The van der Waals surface area contributed by atoms with Crippen molar-refractivity contribution in [1.29, 1.82) is 0 Å². The number of nitrogens with two attached hydrogens (primary N) is 4. The highest BCUT2D eigenvalue weighted by Gasteiger charge is 2.18. The van der Waals surface area contributed by atoms with Gasteiger partial charge in [-0.15, -0.1) is 0 Å². The monoisotopic (exact) mass is 1300 g/mol. The van der Waals surface area contributed by atoms with Gasteiger partial charge in [-0.05, 0) is 72.4 Å². The number of rotatable bonds is 21. The quantitative estimate of drug-likeness (QED) is 0.0329. The Labute approximate surface area is 522 Å². The van der Waals surface area contributed by atoms with E-state index in [0.29, 0.717) is 69.7 Å². The van der Waals surface area contributed by atoms with E-state index in [2.05, 4.69) is 15.5 Å². The van der Waals surface area contributed by atoms with Crippen molar-refractivity contribution in [1.82, 2.24) is 24.9 Å². The molecule has 11 N–H and O–H groups in total. The molecule has 468 valence electrons. The van der Waals surface area contributed by atoms with E-state index < -0.39 is 52.9 Å². The fourth-order valence-corrected chi connectivity index (χ4v) is 8.27. The van der Waals surface area contributed by atoms with E-state index in [9.17, 15) is 55.9 Å². The van der Waals surface area contributed by atoms with E-state index >= 15 is 0 Å². The van der Waals surface area contributed by atoms with Gasteiger partial charge in [-0.2, -0.15) is 10.2 Å². The Morgan fingerprint density at radius 3 is 1.17 bits per heavy atom. The average molecular weight is 1300 g/mol. The molecule has 0 spiro atoms. The molecule has 3 amide bonds. The number of hydrogen-bond acceptors (Lipinski definition) is 12. The summed E-state index contributed by atoms with van der Waals surface area (Å²) in [7, 11) is 0. The van der Waals surface area contributed by atoms with Crippen molar-refractivity contribution in [3.05, 3.63) is 198 Å². The summed E-state index contributed by atoms with van der Waals surface area (Å²) in [5, 5.41) is 28.4. The molecule has 8 aromatic rings. The predicted molar refractivity (Wildman–Crippen MR) is 328 cm³/mol. The van der Waals surface area contributed by atoms with Gasteiger partial charge in [-0.25, -0.2) is 17.6 Å². The van der Waals surface area contributed by atoms with Crippen LogP contribution in [0, 0.1) is 23.3 Å². The number of aromatic nitrogens is 4. The lowest BCUT2D eigenvalue weighted by Gasteiger charge is -2.07.